The van der Waals surface area contributed by atoms with Crippen LogP contribution in [0, 0.1) is 11.7 Å². The molecule has 1 saturated carbocycles. The van der Waals surface area contributed by atoms with Crippen LogP contribution in [0.15, 0.2) is 24.3 Å². The number of halogens is 1. The highest BCUT2D eigenvalue weighted by atomic mass is 19.1. The lowest BCUT2D eigenvalue weighted by molar-refractivity contribution is -0.0665. The van der Waals surface area contributed by atoms with Gasteiger partial charge in [0.25, 0.3) is 0 Å². The molecule has 0 aromatic heterocycles. The highest BCUT2D eigenvalue weighted by molar-refractivity contribution is 5.19. The molecule has 0 bridgehead atoms. The first-order chi connectivity index (χ1) is 6.57. The lowest BCUT2D eigenvalue weighted by Crippen LogP contribution is -2.44. The maximum atomic E-state index is 12.6. The monoisotopic (exact) mass is 194 g/mol. The van der Waals surface area contributed by atoms with Crippen molar-refractivity contribution in [1.29, 1.82) is 0 Å². The Balaban J connectivity index is 2.01. The summed E-state index contributed by atoms with van der Waals surface area (Å²) >= 11 is 0. The van der Waals surface area contributed by atoms with Gasteiger partial charge in [0.15, 0.2) is 0 Å². The van der Waals surface area contributed by atoms with E-state index in [1.165, 1.54) is 12.1 Å². The molecule has 2 rings (SSSR count). The summed E-state index contributed by atoms with van der Waals surface area (Å²) in [4.78, 5) is 0. The van der Waals surface area contributed by atoms with E-state index in [0.29, 0.717) is 12.3 Å². The summed E-state index contributed by atoms with van der Waals surface area (Å²) in [6, 6.07) is 6.38. The van der Waals surface area contributed by atoms with Gasteiger partial charge in [-0.3, -0.25) is 0 Å². The van der Waals surface area contributed by atoms with Gasteiger partial charge in [0, 0.05) is 6.42 Å². The minimum absolute atomic E-state index is 0.220. The van der Waals surface area contributed by atoms with E-state index in [2.05, 4.69) is 6.92 Å². The Morgan fingerprint density at radius 1 is 1.36 bits per heavy atom. The minimum Gasteiger partial charge on any atom is -0.390 e. The third-order valence-corrected chi connectivity index (χ3v) is 2.90. The Bertz CT molecular complexity index is 312. The molecular formula is C12H15FO. The number of rotatable bonds is 2. The molecule has 1 fully saturated rings. The normalized spacial score (nSPS) is 31.2. The van der Waals surface area contributed by atoms with Crippen molar-refractivity contribution in [2.24, 2.45) is 5.92 Å². The predicted molar refractivity (Wildman–Crippen MR) is 53.5 cm³/mol. The fourth-order valence-electron chi connectivity index (χ4n) is 2.36. The average Bonchev–Trinajstić information content (AvgIpc) is 2.07. The van der Waals surface area contributed by atoms with Crippen LogP contribution < -0.4 is 0 Å². The Morgan fingerprint density at radius 3 is 2.43 bits per heavy atom. The van der Waals surface area contributed by atoms with Crippen molar-refractivity contribution in [2.75, 3.05) is 0 Å². The zero-order chi connectivity index (χ0) is 10.2. The van der Waals surface area contributed by atoms with Crippen molar-refractivity contribution in [3.8, 4) is 0 Å². The molecule has 0 radical (unpaired) electrons. The van der Waals surface area contributed by atoms with Gasteiger partial charge in [0.05, 0.1) is 5.60 Å². The molecule has 1 N–H and O–H groups in total. The summed E-state index contributed by atoms with van der Waals surface area (Å²) < 4.78 is 12.6. The Hall–Kier alpha value is -0.890. The molecule has 1 nitrogen and oxygen atoms in total. The SMILES string of the molecule is CC1CC(O)(Cc2ccc(F)cc2)C1. The van der Waals surface area contributed by atoms with Crippen molar-refractivity contribution in [2.45, 2.75) is 31.8 Å². The lowest BCUT2D eigenvalue weighted by Gasteiger charge is -2.42. The van der Waals surface area contributed by atoms with E-state index in [9.17, 15) is 9.50 Å². The maximum absolute atomic E-state index is 12.6. The molecule has 0 unspecified atom stereocenters. The van der Waals surface area contributed by atoms with Crippen LogP contribution in [0.2, 0.25) is 0 Å². The molecule has 0 heterocycles. The van der Waals surface area contributed by atoms with Gasteiger partial charge in [-0.15, -0.1) is 0 Å². The predicted octanol–water partition coefficient (Wildman–Crippen LogP) is 2.53. The molecule has 14 heavy (non-hydrogen) atoms. The van der Waals surface area contributed by atoms with Crippen LogP contribution in [0.1, 0.15) is 25.3 Å². The second kappa shape index (κ2) is 3.35. The van der Waals surface area contributed by atoms with Crippen molar-refractivity contribution in [1.82, 2.24) is 0 Å². The summed E-state index contributed by atoms with van der Waals surface area (Å²) in [7, 11) is 0. The third-order valence-electron chi connectivity index (χ3n) is 2.90. The molecule has 0 atom stereocenters. The molecule has 1 aliphatic rings. The standard InChI is InChI=1S/C12H15FO/c1-9-6-12(14,7-9)8-10-2-4-11(13)5-3-10/h2-5,9,14H,6-8H2,1H3. The van der Waals surface area contributed by atoms with Crippen LogP contribution >= 0.6 is 0 Å². The number of hydrogen-bond donors (Lipinski definition) is 1. The van der Waals surface area contributed by atoms with Crippen LogP contribution in [0.5, 0.6) is 0 Å². The zero-order valence-electron chi connectivity index (χ0n) is 8.33. The summed E-state index contributed by atoms with van der Waals surface area (Å²) in [5.41, 5.74) is 0.484. The highest BCUT2D eigenvalue weighted by Gasteiger charge is 2.39. The molecule has 1 aliphatic carbocycles. The van der Waals surface area contributed by atoms with Gasteiger partial charge in [0.2, 0.25) is 0 Å². The smallest absolute Gasteiger partial charge is 0.123 e. The Labute approximate surface area is 83.6 Å². The van der Waals surface area contributed by atoms with Crippen molar-refractivity contribution < 1.29 is 9.50 Å². The van der Waals surface area contributed by atoms with Crippen molar-refractivity contribution in [3.63, 3.8) is 0 Å². The van der Waals surface area contributed by atoms with Crippen LogP contribution in [0.4, 0.5) is 4.39 Å². The second-order valence-electron chi connectivity index (χ2n) is 4.54. The first-order valence-corrected chi connectivity index (χ1v) is 5.04. The van der Waals surface area contributed by atoms with E-state index in [1.54, 1.807) is 12.1 Å². The van der Waals surface area contributed by atoms with Crippen LogP contribution in [-0.4, -0.2) is 10.7 Å². The van der Waals surface area contributed by atoms with Gasteiger partial charge in [-0.25, -0.2) is 4.39 Å². The fourth-order valence-corrected chi connectivity index (χ4v) is 2.36. The molecule has 76 valence electrons. The van der Waals surface area contributed by atoms with Gasteiger partial charge >= 0.3 is 0 Å². The van der Waals surface area contributed by atoms with Crippen LogP contribution in [0.3, 0.4) is 0 Å². The first-order valence-electron chi connectivity index (χ1n) is 5.04. The van der Waals surface area contributed by atoms with E-state index in [1.807, 2.05) is 0 Å². The number of benzene rings is 1. The van der Waals surface area contributed by atoms with Crippen molar-refractivity contribution in [3.05, 3.63) is 35.6 Å². The van der Waals surface area contributed by atoms with E-state index < -0.39 is 5.60 Å². The quantitative estimate of drug-likeness (QED) is 0.767. The highest BCUT2D eigenvalue weighted by Crippen LogP contribution is 2.39. The fraction of sp³-hybridized carbons (Fsp3) is 0.500. The molecule has 0 saturated heterocycles. The van der Waals surface area contributed by atoms with Crippen molar-refractivity contribution >= 4 is 0 Å². The maximum Gasteiger partial charge on any atom is 0.123 e. The summed E-state index contributed by atoms with van der Waals surface area (Å²) in [6.07, 6.45) is 2.38. The van der Waals surface area contributed by atoms with Crippen LogP contribution in [-0.2, 0) is 6.42 Å². The number of aliphatic hydroxyl groups is 1. The van der Waals surface area contributed by atoms with Gasteiger partial charge in [-0.1, -0.05) is 19.1 Å². The number of hydrogen-bond acceptors (Lipinski definition) is 1. The molecule has 1 aromatic carbocycles. The van der Waals surface area contributed by atoms with Gasteiger partial charge in [-0.05, 0) is 36.5 Å². The molecular weight excluding hydrogens is 179 g/mol. The Morgan fingerprint density at radius 2 is 1.93 bits per heavy atom. The first kappa shape index (κ1) is 9.66. The Kier molecular flexibility index (Phi) is 2.31. The molecule has 0 spiro atoms. The van der Waals surface area contributed by atoms with E-state index in [-0.39, 0.29) is 5.82 Å². The minimum atomic E-state index is -0.531. The van der Waals surface area contributed by atoms with E-state index >= 15 is 0 Å². The molecule has 2 heteroatoms. The largest absolute Gasteiger partial charge is 0.390 e. The van der Waals surface area contributed by atoms with Gasteiger partial charge < -0.3 is 5.11 Å². The van der Waals surface area contributed by atoms with E-state index in [4.69, 9.17) is 0 Å². The lowest BCUT2D eigenvalue weighted by atomic mass is 9.69. The summed E-state index contributed by atoms with van der Waals surface area (Å²) in [5, 5.41) is 10.0. The summed E-state index contributed by atoms with van der Waals surface area (Å²) in [6.45, 7) is 2.14. The van der Waals surface area contributed by atoms with E-state index in [0.717, 1.165) is 18.4 Å². The topological polar surface area (TPSA) is 20.2 Å². The van der Waals surface area contributed by atoms with Crippen LogP contribution in [0.25, 0.3) is 0 Å². The third kappa shape index (κ3) is 1.95. The molecule has 1 aromatic rings. The second-order valence-corrected chi connectivity index (χ2v) is 4.54. The average molecular weight is 194 g/mol. The van der Waals surface area contributed by atoms with Gasteiger partial charge in [-0.2, -0.15) is 0 Å². The molecule has 0 aliphatic heterocycles. The zero-order valence-corrected chi connectivity index (χ0v) is 8.33. The molecule has 0 amide bonds. The summed E-state index contributed by atoms with van der Waals surface area (Å²) in [5.74, 6) is 0.406. The van der Waals surface area contributed by atoms with Gasteiger partial charge in [0.1, 0.15) is 5.82 Å².